The lowest BCUT2D eigenvalue weighted by atomic mass is 10.0. The third kappa shape index (κ3) is 2.72. The summed E-state index contributed by atoms with van der Waals surface area (Å²) in [7, 11) is 3.52. The molecule has 0 aliphatic rings. The van der Waals surface area contributed by atoms with E-state index in [2.05, 4.69) is 5.10 Å². The number of hydrogen-bond donors (Lipinski definition) is 0. The average molecular weight is 294 g/mol. The van der Waals surface area contributed by atoms with Crippen LogP contribution in [0.15, 0.2) is 48.5 Å². The lowest BCUT2D eigenvalue weighted by Crippen LogP contribution is -2.08. The van der Waals surface area contributed by atoms with Crippen LogP contribution in [0, 0.1) is 0 Å². The summed E-state index contributed by atoms with van der Waals surface area (Å²) in [6, 6.07) is 15.6. The molecule has 3 aromatic rings. The first kappa shape index (κ1) is 14.3. The number of aromatic nitrogens is 2. The zero-order valence-corrected chi connectivity index (χ0v) is 12.7. The van der Waals surface area contributed by atoms with E-state index >= 15 is 0 Å². The number of ketones is 1. The summed E-state index contributed by atoms with van der Waals surface area (Å²) in [5.41, 5.74) is 2.79. The molecule has 4 heteroatoms. The Morgan fingerprint density at radius 3 is 2.64 bits per heavy atom. The molecule has 0 amide bonds. The predicted octanol–water partition coefficient (Wildman–Crippen LogP) is 2.94. The van der Waals surface area contributed by atoms with Crippen molar-refractivity contribution in [2.45, 2.75) is 12.8 Å². The van der Waals surface area contributed by atoms with Crippen molar-refractivity contribution in [1.82, 2.24) is 9.78 Å². The van der Waals surface area contributed by atoms with Crippen LogP contribution >= 0.6 is 0 Å². The van der Waals surface area contributed by atoms with E-state index in [4.69, 9.17) is 4.74 Å². The highest BCUT2D eigenvalue weighted by Crippen LogP contribution is 2.21. The molecule has 0 fully saturated rings. The van der Waals surface area contributed by atoms with Crippen molar-refractivity contribution in [2.24, 2.45) is 7.05 Å². The van der Waals surface area contributed by atoms with Crippen molar-refractivity contribution >= 4 is 16.7 Å². The highest BCUT2D eigenvalue weighted by atomic mass is 16.5. The van der Waals surface area contributed by atoms with Crippen molar-refractivity contribution < 1.29 is 9.53 Å². The summed E-state index contributed by atoms with van der Waals surface area (Å²) in [5, 5.41) is 5.52. The molecular weight excluding hydrogens is 276 g/mol. The molecule has 4 nitrogen and oxygen atoms in total. The molecule has 1 aromatic heterocycles. The number of ether oxygens (including phenoxy) is 1. The zero-order valence-electron chi connectivity index (χ0n) is 12.7. The molecule has 0 bridgehead atoms. The first-order valence-electron chi connectivity index (χ1n) is 7.23. The van der Waals surface area contributed by atoms with E-state index in [1.807, 2.05) is 60.3 Å². The van der Waals surface area contributed by atoms with Gasteiger partial charge in [0.15, 0.2) is 0 Å². The van der Waals surface area contributed by atoms with Crippen LogP contribution in [0.25, 0.3) is 10.9 Å². The van der Waals surface area contributed by atoms with Crippen LogP contribution in [0.2, 0.25) is 0 Å². The molecule has 0 aliphatic carbocycles. The molecular formula is C18H18N2O2. The van der Waals surface area contributed by atoms with Crippen molar-refractivity contribution in [2.75, 3.05) is 7.11 Å². The van der Waals surface area contributed by atoms with E-state index in [9.17, 15) is 4.79 Å². The molecule has 0 aliphatic heterocycles. The first-order chi connectivity index (χ1) is 10.7. The fourth-order valence-corrected chi connectivity index (χ4v) is 2.73. The van der Waals surface area contributed by atoms with E-state index in [1.165, 1.54) is 0 Å². The van der Waals surface area contributed by atoms with Crippen LogP contribution < -0.4 is 4.74 Å². The molecule has 0 unspecified atom stereocenters. The van der Waals surface area contributed by atoms with Gasteiger partial charge in [-0.15, -0.1) is 0 Å². The number of carbonyl (C=O) groups is 1. The van der Waals surface area contributed by atoms with E-state index in [1.54, 1.807) is 7.11 Å². The molecule has 3 rings (SSSR count). The Hall–Kier alpha value is -2.62. The van der Waals surface area contributed by atoms with Gasteiger partial charge in [0.05, 0.1) is 24.7 Å². The predicted molar refractivity (Wildman–Crippen MR) is 86.1 cm³/mol. The SMILES string of the molecule is COc1ccccc1CC(=O)Cc1nn(C)c2ccccc12. The quantitative estimate of drug-likeness (QED) is 0.726. The normalized spacial score (nSPS) is 10.8. The van der Waals surface area contributed by atoms with Gasteiger partial charge in [0, 0.05) is 24.4 Å². The summed E-state index contributed by atoms with van der Waals surface area (Å²) >= 11 is 0. The van der Waals surface area contributed by atoms with Gasteiger partial charge in [0.2, 0.25) is 0 Å². The number of aryl methyl sites for hydroxylation is 1. The van der Waals surface area contributed by atoms with Gasteiger partial charge in [0.1, 0.15) is 11.5 Å². The van der Waals surface area contributed by atoms with Gasteiger partial charge in [-0.1, -0.05) is 36.4 Å². The summed E-state index contributed by atoms with van der Waals surface area (Å²) in [6.45, 7) is 0. The van der Waals surface area contributed by atoms with Crippen LogP contribution in [0.5, 0.6) is 5.75 Å². The number of para-hydroxylation sites is 2. The maximum Gasteiger partial charge on any atom is 0.143 e. The largest absolute Gasteiger partial charge is 0.496 e. The second kappa shape index (κ2) is 6.02. The van der Waals surface area contributed by atoms with E-state index < -0.39 is 0 Å². The molecule has 0 spiro atoms. The minimum Gasteiger partial charge on any atom is -0.496 e. The van der Waals surface area contributed by atoms with Crippen LogP contribution in [0.3, 0.4) is 0 Å². The molecule has 2 aromatic carbocycles. The van der Waals surface area contributed by atoms with Gasteiger partial charge in [-0.25, -0.2) is 0 Å². The molecule has 22 heavy (non-hydrogen) atoms. The highest BCUT2D eigenvalue weighted by molar-refractivity contribution is 5.89. The topological polar surface area (TPSA) is 44.1 Å². The monoisotopic (exact) mass is 294 g/mol. The Morgan fingerprint density at radius 2 is 1.82 bits per heavy atom. The Labute approximate surface area is 129 Å². The Bertz CT molecular complexity index is 821. The number of rotatable bonds is 5. The summed E-state index contributed by atoms with van der Waals surface area (Å²) < 4.78 is 7.12. The molecule has 0 saturated carbocycles. The van der Waals surface area contributed by atoms with Crippen molar-refractivity contribution in [3.63, 3.8) is 0 Å². The fourth-order valence-electron chi connectivity index (χ4n) is 2.73. The number of fused-ring (bicyclic) bond motifs is 1. The fraction of sp³-hybridized carbons (Fsp3) is 0.222. The summed E-state index contributed by atoms with van der Waals surface area (Å²) in [6.07, 6.45) is 0.689. The third-order valence-electron chi connectivity index (χ3n) is 3.78. The number of methoxy groups -OCH3 is 1. The Balaban J connectivity index is 1.82. The zero-order chi connectivity index (χ0) is 15.5. The van der Waals surface area contributed by atoms with Crippen LogP contribution in [-0.2, 0) is 24.7 Å². The molecule has 0 saturated heterocycles. The van der Waals surface area contributed by atoms with Gasteiger partial charge in [0.25, 0.3) is 0 Å². The van der Waals surface area contributed by atoms with E-state index in [0.717, 1.165) is 27.9 Å². The van der Waals surface area contributed by atoms with Crippen molar-refractivity contribution in [1.29, 1.82) is 0 Å². The first-order valence-corrected chi connectivity index (χ1v) is 7.23. The van der Waals surface area contributed by atoms with Crippen LogP contribution in [0.4, 0.5) is 0 Å². The van der Waals surface area contributed by atoms with Crippen LogP contribution in [-0.4, -0.2) is 22.7 Å². The lowest BCUT2D eigenvalue weighted by Gasteiger charge is -2.06. The molecule has 0 N–H and O–H groups in total. The van der Waals surface area contributed by atoms with Gasteiger partial charge in [-0.05, 0) is 12.1 Å². The Morgan fingerprint density at radius 1 is 1.09 bits per heavy atom. The number of benzene rings is 2. The maximum atomic E-state index is 12.4. The number of carbonyl (C=O) groups excluding carboxylic acids is 1. The number of hydrogen-bond acceptors (Lipinski definition) is 3. The average Bonchev–Trinajstić information content (AvgIpc) is 2.84. The summed E-state index contributed by atoms with van der Waals surface area (Å²) in [5.74, 6) is 0.884. The van der Waals surface area contributed by atoms with Gasteiger partial charge < -0.3 is 4.74 Å². The van der Waals surface area contributed by atoms with Crippen molar-refractivity contribution in [3.05, 3.63) is 59.8 Å². The third-order valence-corrected chi connectivity index (χ3v) is 3.78. The van der Waals surface area contributed by atoms with Crippen molar-refractivity contribution in [3.8, 4) is 5.75 Å². The minimum absolute atomic E-state index is 0.133. The van der Waals surface area contributed by atoms with Crippen LogP contribution in [0.1, 0.15) is 11.3 Å². The van der Waals surface area contributed by atoms with Gasteiger partial charge >= 0.3 is 0 Å². The van der Waals surface area contributed by atoms with Gasteiger partial charge in [-0.2, -0.15) is 5.10 Å². The van der Waals surface area contributed by atoms with E-state index in [0.29, 0.717) is 12.8 Å². The Kier molecular flexibility index (Phi) is 3.92. The molecule has 112 valence electrons. The second-order valence-electron chi connectivity index (χ2n) is 5.29. The standard InChI is InChI=1S/C18H18N2O2/c1-20-17-9-5-4-8-15(17)16(19-20)12-14(21)11-13-7-3-6-10-18(13)22-2/h3-10H,11-12H2,1-2H3. The van der Waals surface area contributed by atoms with E-state index in [-0.39, 0.29) is 5.78 Å². The highest BCUT2D eigenvalue weighted by Gasteiger charge is 2.14. The summed E-state index contributed by atoms with van der Waals surface area (Å²) in [4.78, 5) is 12.4. The molecule has 0 atom stereocenters. The lowest BCUT2D eigenvalue weighted by molar-refractivity contribution is -0.117. The number of nitrogens with zero attached hydrogens (tertiary/aromatic N) is 2. The minimum atomic E-state index is 0.133. The number of Topliss-reactive ketones (excluding diaryl/α,β-unsaturated/α-hetero) is 1. The molecule has 1 heterocycles. The maximum absolute atomic E-state index is 12.4. The molecule has 0 radical (unpaired) electrons. The smallest absolute Gasteiger partial charge is 0.143 e. The second-order valence-corrected chi connectivity index (χ2v) is 5.29. The van der Waals surface area contributed by atoms with Gasteiger partial charge in [-0.3, -0.25) is 9.48 Å².